The fourth-order valence-corrected chi connectivity index (χ4v) is 8.41. The number of nitrogens with zero attached hydrogens (tertiary/aromatic N) is 2. The molecule has 0 saturated heterocycles. The van der Waals surface area contributed by atoms with E-state index in [1.807, 2.05) is 0 Å². The quantitative estimate of drug-likeness (QED) is 0.0912. The first kappa shape index (κ1) is 35.0. The van der Waals surface area contributed by atoms with Crippen LogP contribution in [0.4, 0.5) is 14.0 Å². The minimum absolute atomic E-state index is 0.00936. The number of nitrogens with one attached hydrogen (secondary N) is 2. The third kappa shape index (κ3) is 6.59. The standard InChI is InChI=1S/C34H39FN4O8S2/c1-6-34(44)21-13-25-28-19(15-39(25)29(40)20(21)16-46-30(34)41)27-23(8-7-18-17(2)22(35)14-24(37-28)26(18)27)38-32(43)45-10-12-49-48-11-9-36-31(42)47-33(3,4)5/h13-14,23,44H,6-12,15-16H2,1-5H3,(H,36,42)(H,38,43)/t23-,34-/m0/s1. The number of esters is 1. The van der Waals surface area contributed by atoms with E-state index in [0.717, 1.165) is 16.5 Å². The van der Waals surface area contributed by atoms with Crippen molar-refractivity contribution in [2.75, 3.05) is 24.7 Å². The Morgan fingerprint density at radius 2 is 1.92 bits per heavy atom. The zero-order chi connectivity index (χ0) is 35.2. The van der Waals surface area contributed by atoms with Gasteiger partial charge in [0.15, 0.2) is 5.60 Å². The highest BCUT2D eigenvalue weighted by atomic mass is 33.1. The maximum absolute atomic E-state index is 15.2. The van der Waals surface area contributed by atoms with Gasteiger partial charge in [-0.1, -0.05) is 28.5 Å². The molecule has 2 atom stereocenters. The minimum atomic E-state index is -1.98. The Morgan fingerprint density at radius 1 is 1.16 bits per heavy atom. The number of benzene rings is 1. The highest BCUT2D eigenvalue weighted by Crippen LogP contribution is 2.46. The lowest BCUT2D eigenvalue weighted by molar-refractivity contribution is -0.172. The van der Waals surface area contributed by atoms with Crippen LogP contribution < -0.4 is 16.2 Å². The number of aliphatic hydroxyl groups is 1. The van der Waals surface area contributed by atoms with Crippen LogP contribution in [0.5, 0.6) is 0 Å². The van der Waals surface area contributed by atoms with Gasteiger partial charge in [0.25, 0.3) is 5.56 Å². The van der Waals surface area contributed by atoms with Gasteiger partial charge in [-0.05, 0) is 69.7 Å². The van der Waals surface area contributed by atoms with Gasteiger partial charge in [-0.15, -0.1) is 0 Å². The van der Waals surface area contributed by atoms with Crippen LogP contribution in [0.25, 0.3) is 22.3 Å². The lowest BCUT2D eigenvalue weighted by Gasteiger charge is -2.31. The van der Waals surface area contributed by atoms with Crippen molar-refractivity contribution in [3.63, 3.8) is 0 Å². The first-order valence-corrected chi connectivity index (χ1v) is 18.7. The predicted molar refractivity (Wildman–Crippen MR) is 184 cm³/mol. The normalized spacial score (nSPS) is 19.1. The molecular formula is C34H39FN4O8S2. The highest BCUT2D eigenvalue weighted by Gasteiger charge is 2.46. The van der Waals surface area contributed by atoms with Crippen molar-refractivity contribution in [2.24, 2.45) is 0 Å². The molecule has 2 aliphatic heterocycles. The molecule has 0 bridgehead atoms. The van der Waals surface area contributed by atoms with E-state index in [9.17, 15) is 24.3 Å². The van der Waals surface area contributed by atoms with Crippen molar-refractivity contribution in [2.45, 2.75) is 84.3 Å². The number of amides is 2. The second-order valence-electron chi connectivity index (χ2n) is 13.3. The zero-order valence-electron chi connectivity index (χ0n) is 28.0. The summed E-state index contributed by atoms with van der Waals surface area (Å²) in [4.78, 5) is 56.0. The maximum atomic E-state index is 15.2. The SMILES string of the molecule is CC[C@@]1(O)C(=O)OCc2c1cc1n(c2=O)Cc2c-1nc1cc(F)c(C)c3c1c2[C@@H](NC(=O)OCCSSCCNC(=O)OC(C)(C)C)CC3. The van der Waals surface area contributed by atoms with E-state index in [2.05, 4.69) is 10.6 Å². The van der Waals surface area contributed by atoms with E-state index in [1.165, 1.54) is 32.2 Å². The smallest absolute Gasteiger partial charge is 0.407 e. The van der Waals surface area contributed by atoms with Crippen molar-refractivity contribution in [1.29, 1.82) is 0 Å². The Kier molecular flexibility index (Phi) is 9.63. The zero-order valence-corrected chi connectivity index (χ0v) is 29.6. The van der Waals surface area contributed by atoms with Crippen LogP contribution in [-0.2, 0) is 44.2 Å². The lowest BCUT2D eigenvalue weighted by Crippen LogP contribution is -2.44. The Morgan fingerprint density at radius 3 is 2.65 bits per heavy atom. The second-order valence-corrected chi connectivity index (χ2v) is 16.0. The van der Waals surface area contributed by atoms with Crippen LogP contribution in [0.3, 0.4) is 0 Å². The van der Waals surface area contributed by atoms with Crippen molar-refractivity contribution in [3.05, 3.63) is 61.7 Å². The molecule has 0 radical (unpaired) electrons. The fraction of sp³-hybridized carbons (Fsp3) is 0.500. The van der Waals surface area contributed by atoms with E-state index in [-0.39, 0.29) is 37.3 Å². The molecule has 2 amide bonds. The Labute approximate surface area is 290 Å². The number of aryl methyl sites for hydroxylation is 1. The van der Waals surface area contributed by atoms with Gasteiger partial charge < -0.3 is 34.5 Å². The molecule has 0 unspecified atom stereocenters. The second kappa shape index (κ2) is 13.5. The van der Waals surface area contributed by atoms with Crippen LogP contribution in [0.15, 0.2) is 16.9 Å². The number of pyridine rings is 2. The first-order chi connectivity index (χ1) is 23.2. The molecule has 1 aromatic carbocycles. The molecule has 3 aliphatic rings. The number of hydrogen-bond donors (Lipinski definition) is 3. The van der Waals surface area contributed by atoms with E-state index < -0.39 is 46.8 Å². The molecule has 0 spiro atoms. The molecule has 12 nitrogen and oxygen atoms in total. The summed E-state index contributed by atoms with van der Waals surface area (Å²) < 4.78 is 32.6. The first-order valence-electron chi connectivity index (χ1n) is 16.2. The molecule has 3 N–H and O–H groups in total. The maximum Gasteiger partial charge on any atom is 0.407 e. The Hall–Kier alpha value is -3.82. The molecule has 0 fully saturated rings. The minimum Gasteiger partial charge on any atom is -0.458 e. The summed E-state index contributed by atoms with van der Waals surface area (Å²) in [5.41, 5.74) is 1.47. The molecule has 2 aromatic heterocycles. The van der Waals surface area contributed by atoms with Gasteiger partial charge in [0.05, 0.1) is 35.1 Å². The van der Waals surface area contributed by atoms with Crippen molar-refractivity contribution < 1.29 is 38.1 Å². The number of ether oxygens (including phenoxy) is 3. The number of halogens is 1. The summed E-state index contributed by atoms with van der Waals surface area (Å²) in [7, 11) is 3.05. The number of carbonyl (C=O) groups is 3. The summed E-state index contributed by atoms with van der Waals surface area (Å²) in [6.45, 7) is 9.26. The predicted octanol–water partition coefficient (Wildman–Crippen LogP) is 5.15. The summed E-state index contributed by atoms with van der Waals surface area (Å²) in [5, 5.41) is 17.7. The average molecular weight is 715 g/mol. The molecule has 3 aromatic rings. The molecule has 1 aliphatic carbocycles. The summed E-state index contributed by atoms with van der Waals surface area (Å²) in [6, 6.07) is 2.49. The summed E-state index contributed by atoms with van der Waals surface area (Å²) in [5.74, 6) is -0.0311. The number of rotatable bonds is 9. The van der Waals surface area contributed by atoms with Gasteiger partial charge in [0.2, 0.25) is 0 Å². The van der Waals surface area contributed by atoms with Crippen LogP contribution in [0.2, 0.25) is 0 Å². The van der Waals surface area contributed by atoms with E-state index >= 15 is 4.39 Å². The van der Waals surface area contributed by atoms with E-state index in [4.69, 9.17) is 19.2 Å². The van der Waals surface area contributed by atoms with Gasteiger partial charge in [-0.2, -0.15) is 0 Å². The van der Waals surface area contributed by atoms with E-state index in [1.54, 1.807) is 40.7 Å². The third-order valence-electron chi connectivity index (χ3n) is 9.01. The summed E-state index contributed by atoms with van der Waals surface area (Å²) >= 11 is 0. The molecule has 49 heavy (non-hydrogen) atoms. The van der Waals surface area contributed by atoms with Gasteiger partial charge in [0.1, 0.15) is 24.6 Å². The monoisotopic (exact) mass is 714 g/mol. The van der Waals surface area contributed by atoms with Crippen molar-refractivity contribution in [1.82, 2.24) is 20.2 Å². The van der Waals surface area contributed by atoms with Crippen LogP contribution in [0.1, 0.15) is 80.0 Å². The number of carbonyl (C=O) groups excluding carboxylic acids is 3. The number of alkyl carbamates (subject to hydrolysis) is 2. The van der Waals surface area contributed by atoms with Gasteiger partial charge in [0, 0.05) is 40.6 Å². The van der Waals surface area contributed by atoms with E-state index in [0.29, 0.717) is 58.9 Å². The van der Waals surface area contributed by atoms with Crippen LogP contribution >= 0.6 is 21.6 Å². The number of fused-ring (bicyclic) bond motifs is 5. The topological polar surface area (TPSA) is 158 Å². The lowest BCUT2D eigenvalue weighted by atomic mass is 9.81. The third-order valence-corrected chi connectivity index (χ3v) is 11.4. The van der Waals surface area contributed by atoms with Crippen LogP contribution in [0, 0.1) is 12.7 Å². The molecule has 0 saturated carbocycles. The van der Waals surface area contributed by atoms with Gasteiger partial charge in [-0.25, -0.2) is 23.8 Å². The molecule has 6 rings (SSSR count). The molecule has 15 heteroatoms. The molecule has 262 valence electrons. The molecule has 4 heterocycles. The average Bonchev–Trinajstić information content (AvgIpc) is 3.41. The van der Waals surface area contributed by atoms with Crippen molar-refractivity contribution in [3.8, 4) is 11.4 Å². The van der Waals surface area contributed by atoms with Crippen LogP contribution in [-0.4, -0.2) is 63.1 Å². The number of hydrogen-bond acceptors (Lipinski definition) is 11. The largest absolute Gasteiger partial charge is 0.458 e. The highest BCUT2D eigenvalue weighted by molar-refractivity contribution is 8.76. The number of cyclic esters (lactones) is 1. The number of aromatic nitrogens is 2. The summed E-state index contributed by atoms with van der Waals surface area (Å²) in [6.07, 6.45) is -0.0740. The van der Waals surface area contributed by atoms with Gasteiger partial charge >= 0.3 is 18.2 Å². The fourth-order valence-electron chi connectivity index (χ4n) is 6.68. The Bertz CT molecular complexity index is 1930. The van der Waals surface area contributed by atoms with Gasteiger partial charge in [-0.3, -0.25) is 4.79 Å². The van der Waals surface area contributed by atoms with Crippen molar-refractivity contribution >= 4 is 50.6 Å². The molecular weight excluding hydrogens is 676 g/mol. The Balaban J connectivity index is 1.20.